The fourth-order valence-corrected chi connectivity index (χ4v) is 1.58. The van der Waals surface area contributed by atoms with Gasteiger partial charge in [-0.1, -0.05) is 6.07 Å². The molecule has 0 saturated carbocycles. The Hall–Kier alpha value is -2.37. The largest absolute Gasteiger partial charge is 0.493 e. The maximum atomic E-state index is 12.6. The van der Waals surface area contributed by atoms with Crippen molar-refractivity contribution >= 4 is 5.95 Å². The zero-order valence-electron chi connectivity index (χ0n) is 10.7. The van der Waals surface area contributed by atoms with Crippen molar-refractivity contribution < 1.29 is 13.9 Å². The molecule has 0 unspecified atom stereocenters. The van der Waals surface area contributed by atoms with Crippen molar-refractivity contribution in [2.24, 2.45) is 0 Å². The lowest BCUT2D eigenvalue weighted by Crippen LogP contribution is -2.04. The molecule has 0 amide bonds. The van der Waals surface area contributed by atoms with Crippen LogP contribution in [-0.2, 0) is 6.54 Å². The van der Waals surface area contributed by atoms with Gasteiger partial charge in [-0.15, -0.1) is 0 Å². The van der Waals surface area contributed by atoms with Gasteiger partial charge in [-0.25, -0.2) is 14.4 Å². The molecule has 0 aliphatic rings. The van der Waals surface area contributed by atoms with Crippen molar-refractivity contribution in [3.05, 3.63) is 42.0 Å². The Kier molecular flexibility index (Phi) is 4.12. The predicted molar refractivity (Wildman–Crippen MR) is 68.9 cm³/mol. The zero-order chi connectivity index (χ0) is 13.7. The van der Waals surface area contributed by atoms with Gasteiger partial charge in [0, 0.05) is 6.54 Å². The summed E-state index contributed by atoms with van der Waals surface area (Å²) in [7, 11) is 3.17. The van der Waals surface area contributed by atoms with Crippen LogP contribution in [0.25, 0.3) is 0 Å². The van der Waals surface area contributed by atoms with Crippen molar-refractivity contribution in [1.29, 1.82) is 0 Å². The van der Waals surface area contributed by atoms with Crippen molar-refractivity contribution in [3.8, 4) is 11.5 Å². The first-order chi connectivity index (χ1) is 9.22. The van der Waals surface area contributed by atoms with Crippen LogP contribution in [0, 0.1) is 5.82 Å². The van der Waals surface area contributed by atoms with Gasteiger partial charge < -0.3 is 14.8 Å². The van der Waals surface area contributed by atoms with E-state index < -0.39 is 5.82 Å². The third kappa shape index (κ3) is 3.31. The highest BCUT2D eigenvalue weighted by molar-refractivity contribution is 5.43. The van der Waals surface area contributed by atoms with Gasteiger partial charge in [-0.3, -0.25) is 0 Å². The second-order valence-electron chi connectivity index (χ2n) is 3.77. The molecule has 2 aromatic rings. The average Bonchev–Trinajstić information content (AvgIpc) is 2.46. The molecule has 0 aliphatic heterocycles. The van der Waals surface area contributed by atoms with Crippen molar-refractivity contribution in [3.63, 3.8) is 0 Å². The standard InChI is InChI=1S/C13H14FN3O2/c1-18-11-4-3-9(5-12(11)19-2)6-15-13-16-7-10(14)8-17-13/h3-5,7-8H,6H2,1-2H3,(H,15,16,17). The molecule has 0 bridgehead atoms. The molecular formula is C13H14FN3O2. The highest BCUT2D eigenvalue weighted by atomic mass is 19.1. The molecular weight excluding hydrogens is 249 g/mol. The van der Waals surface area contributed by atoms with Gasteiger partial charge in [0.05, 0.1) is 26.6 Å². The van der Waals surface area contributed by atoms with Gasteiger partial charge in [-0.2, -0.15) is 0 Å². The average molecular weight is 263 g/mol. The Morgan fingerprint density at radius 1 is 1.11 bits per heavy atom. The van der Waals surface area contributed by atoms with Crippen LogP contribution in [-0.4, -0.2) is 24.2 Å². The molecule has 0 saturated heterocycles. The minimum Gasteiger partial charge on any atom is -0.493 e. The number of aromatic nitrogens is 2. The smallest absolute Gasteiger partial charge is 0.223 e. The number of methoxy groups -OCH3 is 2. The number of rotatable bonds is 5. The minimum absolute atomic E-state index is 0.371. The van der Waals surface area contributed by atoms with E-state index in [9.17, 15) is 4.39 Å². The van der Waals surface area contributed by atoms with Crippen LogP contribution in [0.1, 0.15) is 5.56 Å². The van der Waals surface area contributed by atoms with E-state index in [1.165, 1.54) is 0 Å². The van der Waals surface area contributed by atoms with Crippen LogP contribution in [0.2, 0.25) is 0 Å². The van der Waals surface area contributed by atoms with Crippen LogP contribution < -0.4 is 14.8 Å². The first-order valence-electron chi connectivity index (χ1n) is 5.65. The van der Waals surface area contributed by atoms with Gasteiger partial charge >= 0.3 is 0 Å². The summed E-state index contributed by atoms with van der Waals surface area (Å²) in [6.07, 6.45) is 2.23. The molecule has 2 rings (SSSR count). The number of nitrogens with one attached hydrogen (secondary N) is 1. The molecule has 0 atom stereocenters. The molecule has 6 heteroatoms. The Morgan fingerprint density at radius 3 is 2.42 bits per heavy atom. The Balaban J connectivity index is 2.05. The predicted octanol–water partition coefficient (Wildman–Crippen LogP) is 2.25. The maximum Gasteiger partial charge on any atom is 0.223 e. The van der Waals surface area contributed by atoms with Crippen molar-refractivity contribution in [1.82, 2.24) is 9.97 Å². The summed E-state index contributed by atoms with van der Waals surface area (Å²) >= 11 is 0. The summed E-state index contributed by atoms with van der Waals surface area (Å²) in [6, 6.07) is 5.58. The highest BCUT2D eigenvalue weighted by Crippen LogP contribution is 2.27. The fraction of sp³-hybridized carbons (Fsp3) is 0.231. The van der Waals surface area contributed by atoms with Crippen molar-refractivity contribution in [2.75, 3.05) is 19.5 Å². The van der Waals surface area contributed by atoms with E-state index in [-0.39, 0.29) is 0 Å². The van der Waals surface area contributed by atoms with E-state index in [2.05, 4.69) is 15.3 Å². The molecule has 5 nitrogen and oxygen atoms in total. The third-order valence-electron chi connectivity index (χ3n) is 2.52. The van der Waals surface area contributed by atoms with Crippen LogP contribution in [0.4, 0.5) is 10.3 Å². The fourth-order valence-electron chi connectivity index (χ4n) is 1.58. The lowest BCUT2D eigenvalue weighted by Gasteiger charge is -2.10. The summed E-state index contributed by atoms with van der Waals surface area (Å²) in [5, 5.41) is 2.99. The van der Waals surface area contributed by atoms with Crippen LogP contribution in [0.15, 0.2) is 30.6 Å². The molecule has 0 aliphatic carbocycles. The zero-order valence-corrected chi connectivity index (χ0v) is 10.7. The van der Waals surface area contributed by atoms with E-state index in [1.54, 1.807) is 14.2 Å². The van der Waals surface area contributed by atoms with Crippen molar-refractivity contribution in [2.45, 2.75) is 6.54 Å². The van der Waals surface area contributed by atoms with Gasteiger partial charge in [0.15, 0.2) is 17.3 Å². The number of hydrogen-bond donors (Lipinski definition) is 1. The summed E-state index contributed by atoms with van der Waals surface area (Å²) in [6.45, 7) is 0.506. The molecule has 19 heavy (non-hydrogen) atoms. The monoisotopic (exact) mass is 263 g/mol. The topological polar surface area (TPSA) is 56.3 Å². The van der Waals surface area contributed by atoms with Gasteiger partial charge in [0.1, 0.15) is 0 Å². The Morgan fingerprint density at radius 2 is 1.79 bits per heavy atom. The second-order valence-corrected chi connectivity index (χ2v) is 3.77. The van der Waals surface area contributed by atoms with E-state index >= 15 is 0 Å². The summed E-state index contributed by atoms with van der Waals surface area (Å²) in [5.41, 5.74) is 0.977. The van der Waals surface area contributed by atoms with Crippen LogP contribution in [0.5, 0.6) is 11.5 Å². The minimum atomic E-state index is -0.461. The molecule has 1 heterocycles. The van der Waals surface area contributed by atoms with E-state index in [0.717, 1.165) is 18.0 Å². The number of nitrogens with zero attached hydrogens (tertiary/aromatic N) is 2. The molecule has 1 aromatic carbocycles. The van der Waals surface area contributed by atoms with Gasteiger partial charge in [-0.05, 0) is 17.7 Å². The summed E-state index contributed by atoms with van der Waals surface area (Å²) < 4.78 is 23.0. The van der Waals surface area contributed by atoms with Crippen LogP contribution >= 0.6 is 0 Å². The Labute approximate surface area is 110 Å². The quantitative estimate of drug-likeness (QED) is 0.896. The van der Waals surface area contributed by atoms with Gasteiger partial charge in [0.2, 0.25) is 5.95 Å². The van der Waals surface area contributed by atoms with Crippen LogP contribution in [0.3, 0.4) is 0 Å². The van der Waals surface area contributed by atoms with E-state index in [4.69, 9.17) is 9.47 Å². The summed E-state index contributed by atoms with van der Waals surface area (Å²) in [4.78, 5) is 7.63. The number of ether oxygens (including phenoxy) is 2. The molecule has 1 N–H and O–H groups in total. The normalized spacial score (nSPS) is 10.1. The second kappa shape index (κ2) is 5.99. The lowest BCUT2D eigenvalue weighted by atomic mass is 10.2. The molecule has 100 valence electrons. The first kappa shape index (κ1) is 13.1. The number of hydrogen-bond acceptors (Lipinski definition) is 5. The number of benzene rings is 1. The van der Waals surface area contributed by atoms with Gasteiger partial charge in [0.25, 0.3) is 0 Å². The molecule has 0 spiro atoms. The SMILES string of the molecule is COc1ccc(CNc2ncc(F)cn2)cc1OC. The Bertz CT molecular complexity index is 546. The molecule has 1 aromatic heterocycles. The summed E-state index contributed by atoms with van der Waals surface area (Å²) in [5.74, 6) is 1.24. The first-order valence-corrected chi connectivity index (χ1v) is 5.65. The maximum absolute atomic E-state index is 12.6. The highest BCUT2D eigenvalue weighted by Gasteiger charge is 2.05. The molecule has 0 fully saturated rings. The van der Waals surface area contributed by atoms with E-state index in [1.807, 2.05) is 18.2 Å². The third-order valence-corrected chi connectivity index (χ3v) is 2.52. The number of halogens is 1. The molecule has 0 radical (unpaired) electrons. The lowest BCUT2D eigenvalue weighted by molar-refractivity contribution is 0.354. The van der Waals surface area contributed by atoms with E-state index in [0.29, 0.717) is 24.0 Å². The number of anilines is 1.